The van der Waals surface area contributed by atoms with Crippen LogP contribution in [0.1, 0.15) is 52.7 Å². The lowest BCUT2D eigenvalue weighted by molar-refractivity contribution is 0.483. The van der Waals surface area contributed by atoms with E-state index in [0.29, 0.717) is 0 Å². The average molecular weight is 1210 g/mol. The third-order valence-corrected chi connectivity index (χ3v) is 20.5. The van der Waals surface area contributed by atoms with Gasteiger partial charge in [-0.25, -0.2) is 0 Å². The third kappa shape index (κ3) is 7.99. The van der Waals surface area contributed by atoms with Crippen LogP contribution < -0.4 is 52.2 Å². The monoisotopic (exact) mass is 1210 g/mol. The summed E-state index contributed by atoms with van der Waals surface area (Å²) < 4.78 is 17.2. The molecular weight excluding hydrogens is 1140 g/mol. The summed E-state index contributed by atoms with van der Waals surface area (Å²) in [4.78, 5) is 7.68. The Morgan fingerprint density at radius 2 is 0.840 bits per heavy atom. The van der Waals surface area contributed by atoms with E-state index in [1.54, 1.807) is 0 Å². The number of hydrogen-bond donors (Lipinski definition) is 0. The van der Waals surface area contributed by atoms with Crippen molar-refractivity contribution in [1.29, 1.82) is 0 Å². The summed E-state index contributed by atoms with van der Waals surface area (Å²) in [5.74, 6) is 1.71. The molecule has 94 heavy (non-hydrogen) atoms. The molecule has 6 heterocycles. The molecule has 0 N–H and O–H groups in total. The Morgan fingerprint density at radius 3 is 1.52 bits per heavy atom. The number of hydrogen-bond acceptors (Lipinski definition) is 5. The van der Waals surface area contributed by atoms with Gasteiger partial charge in [-0.3, -0.25) is 0 Å². The van der Waals surface area contributed by atoms with Gasteiger partial charge in [-0.05, 0) is 145 Å². The molecule has 0 aliphatic carbocycles. The fourth-order valence-corrected chi connectivity index (χ4v) is 16.1. The van der Waals surface area contributed by atoms with Crippen LogP contribution in [-0.4, -0.2) is 18.0 Å². The van der Waals surface area contributed by atoms with Crippen molar-refractivity contribution in [3.63, 3.8) is 0 Å². The van der Waals surface area contributed by atoms with E-state index in [1.807, 2.05) is 0 Å². The number of benzene rings is 13. The van der Waals surface area contributed by atoms with E-state index in [-0.39, 0.29) is 24.3 Å². The Hall–Kier alpha value is -11.2. The maximum Gasteiger partial charge on any atom is 0.256 e. The molecule has 0 fully saturated rings. The van der Waals surface area contributed by atoms with Crippen molar-refractivity contribution in [3.05, 3.63) is 290 Å². The van der Waals surface area contributed by atoms with Gasteiger partial charge < -0.3 is 28.4 Å². The van der Waals surface area contributed by atoms with Crippen molar-refractivity contribution in [2.75, 3.05) is 14.7 Å². The molecule has 13 aromatic carbocycles. The van der Waals surface area contributed by atoms with Gasteiger partial charge in [0.25, 0.3) is 13.4 Å². The number of ether oxygens (including phenoxy) is 1. The molecule has 4 aliphatic heterocycles. The molecule has 0 unspecified atom stereocenters. The van der Waals surface area contributed by atoms with Crippen molar-refractivity contribution >= 4 is 141 Å². The number of rotatable bonds is 6. The van der Waals surface area contributed by atoms with Crippen LogP contribution >= 0.6 is 0 Å². The molecule has 0 spiro atoms. The first-order chi connectivity index (χ1) is 45.9. The summed E-state index contributed by atoms with van der Waals surface area (Å²) in [5.41, 5.74) is 28.8. The van der Waals surface area contributed by atoms with Crippen molar-refractivity contribution < 1.29 is 9.15 Å². The van der Waals surface area contributed by atoms with E-state index in [1.165, 1.54) is 54.8 Å². The number of furan rings is 1. The molecule has 0 saturated heterocycles. The van der Waals surface area contributed by atoms with E-state index >= 15 is 0 Å². The molecule has 6 nitrogen and oxygen atoms in total. The molecule has 0 atom stereocenters. The highest BCUT2D eigenvalue weighted by molar-refractivity contribution is 7.02. The SMILES string of the molecule is CC(C)(C)c1cc2c3c(c1)N(c1cccc4c1oc1ccccc14)c1ccccc1B3c1cc3c(cc1O2)N(c1c(-c2ccccc2)cccc1-c1ccccc1)c1cc(C(C)(C)C)cc2c1B3c1ccc(-n3c4ccccc4c4ccccc43)cc1N2c1ccccc1. The minimum Gasteiger partial charge on any atom is -0.458 e. The summed E-state index contributed by atoms with van der Waals surface area (Å²) >= 11 is 0. The van der Waals surface area contributed by atoms with Gasteiger partial charge in [0.15, 0.2) is 5.58 Å². The number of para-hydroxylation sites is 7. The van der Waals surface area contributed by atoms with Gasteiger partial charge >= 0.3 is 0 Å². The van der Waals surface area contributed by atoms with Crippen LogP contribution in [-0.2, 0) is 10.8 Å². The zero-order valence-electron chi connectivity index (χ0n) is 53.3. The second-order valence-electron chi connectivity index (χ2n) is 28.0. The summed E-state index contributed by atoms with van der Waals surface area (Å²) in [6.07, 6.45) is 0. The highest BCUT2D eigenvalue weighted by Gasteiger charge is 2.49. The number of nitrogens with zero attached hydrogens (tertiary/aromatic N) is 4. The summed E-state index contributed by atoms with van der Waals surface area (Å²) in [6.45, 7) is 13.6. The molecule has 8 heteroatoms. The molecule has 0 radical (unpaired) electrons. The molecule has 0 saturated carbocycles. The Labute approximate surface area is 548 Å². The first kappa shape index (κ1) is 54.5. The largest absolute Gasteiger partial charge is 0.458 e. The predicted octanol–water partition coefficient (Wildman–Crippen LogP) is 19.1. The van der Waals surface area contributed by atoms with Gasteiger partial charge in [-0.2, -0.15) is 0 Å². The van der Waals surface area contributed by atoms with Gasteiger partial charge in [0, 0.05) is 84.2 Å². The standard InChI is InChI=1S/C86H64B2N4O2/c1-85(2,3)55-46-75-81-76(47-55)92(83-59(53-26-10-7-11-27-53)35-24-36-60(83)54-28-12-8-13-29-54)74-52-79-68(51-67(74)87(81)66-45-44-58(50-73(66)89(75)57-30-14-9-15-31-57)90-69-39-20-16-32-61(69)62-33-17-21-40-70(62)90)88-65-38-19-22-41-71(65)91(77-48-56(86(4,5)6)49-80(93-79)82(77)88)72-42-25-37-64-63-34-18-23-43-78(63)94-84(64)72/h7-52H,1-6H3. The van der Waals surface area contributed by atoms with E-state index in [2.05, 4.69) is 340 Å². The lowest BCUT2D eigenvalue weighted by atomic mass is 9.30. The molecule has 19 rings (SSSR count). The fourth-order valence-electron chi connectivity index (χ4n) is 16.1. The van der Waals surface area contributed by atoms with Crippen molar-refractivity contribution in [3.8, 4) is 39.4 Å². The van der Waals surface area contributed by atoms with Gasteiger partial charge in [0.1, 0.15) is 17.1 Å². The average Bonchev–Trinajstić information content (AvgIpc) is 0.820. The summed E-state index contributed by atoms with van der Waals surface area (Å²) in [6, 6.07) is 104. The third-order valence-electron chi connectivity index (χ3n) is 20.5. The van der Waals surface area contributed by atoms with Crippen LogP contribution in [0.2, 0.25) is 0 Å². The number of aromatic nitrogens is 1. The number of fused-ring (bicyclic) bond motifs is 14. The van der Waals surface area contributed by atoms with Crippen LogP contribution in [0.15, 0.2) is 283 Å². The summed E-state index contributed by atoms with van der Waals surface area (Å²) in [5, 5.41) is 4.66. The van der Waals surface area contributed by atoms with Crippen molar-refractivity contribution in [2.45, 2.75) is 52.4 Å². The molecule has 0 amide bonds. The lowest BCUT2D eigenvalue weighted by Crippen LogP contribution is -2.64. The van der Waals surface area contributed by atoms with Crippen LogP contribution in [0.3, 0.4) is 0 Å². The van der Waals surface area contributed by atoms with Crippen molar-refractivity contribution in [1.82, 2.24) is 4.57 Å². The minimum absolute atomic E-state index is 0.203. The Bertz CT molecular complexity index is 5550. The van der Waals surface area contributed by atoms with E-state index in [4.69, 9.17) is 9.15 Å². The lowest BCUT2D eigenvalue weighted by Gasteiger charge is -2.47. The molecule has 4 aliphatic rings. The van der Waals surface area contributed by atoms with Crippen LogP contribution in [0.5, 0.6) is 11.5 Å². The topological polar surface area (TPSA) is 37.0 Å². The fraction of sp³-hybridized carbons (Fsp3) is 0.0930. The molecular formula is C86H64B2N4O2. The highest BCUT2D eigenvalue weighted by Crippen LogP contribution is 2.53. The second-order valence-corrected chi connectivity index (χ2v) is 28.0. The molecule has 0 bridgehead atoms. The van der Waals surface area contributed by atoms with Gasteiger partial charge in [0.05, 0.1) is 22.4 Å². The van der Waals surface area contributed by atoms with E-state index in [0.717, 1.165) is 123 Å². The Balaban J connectivity index is 0.935. The summed E-state index contributed by atoms with van der Waals surface area (Å²) in [7, 11) is 0. The van der Waals surface area contributed by atoms with Crippen LogP contribution in [0, 0.1) is 0 Å². The number of anilines is 9. The van der Waals surface area contributed by atoms with Crippen molar-refractivity contribution in [2.24, 2.45) is 0 Å². The molecule has 446 valence electrons. The van der Waals surface area contributed by atoms with Crippen LogP contribution in [0.4, 0.5) is 51.2 Å². The first-order valence-corrected chi connectivity index (χ1v) is 33.0. The van der Waals surface area contributed by atoms with Gasteiger partial charge in [0.2, 0.25) is 0 Å². The predicted molar refractivity (Wildman–Crippen MR) is 396 cm³/mol. The quantitative estimate of drug-likeness (QED) is 0.155. The van der Waals surface area contributed by atoms with E-state index in [9.17, 15) is 0 Å². The highest BCUT2D eigenvalue weighted by atomic mass is 16.5. The molecule has 2 aromatic heterocycles. The maximum atomic E-state index is 7.83. The second kappa shape index (κ2) is 20.1. The normalized spacial score (nSPS) is 13.6. The maximum absolute atomic E-state index is 7.83. The van der Waals surface area contributed by atoms with Gasteiger partial charge in [-0.1, -0.05) is 236 Å². The van der Waals surface area contributed by atoms with E-state index < -0.39 is 0 Å². The zero-order chi connectivity index (χ0) is 62.9. The van der Waals surface area contributed by atoms with Gasteiger partial charge in [-0.15, -0.1) is 0 Å². The molecule has 15 aromatic rings. The Kier molecular flexibility index (Phi) is 11.7. The smallest absolute Gasteiger partial charge is 0.256 e. The zero-order valence-corrected chi connectivity index (χ0v) is 53.3. The minimum atomic E-state index is -0.259. The van der Waals surface area contributed by atoms with Crippen LogP contribution in [0.25, 0.3) is 71.7 Å². The Morgan fingerprint density at radius 1 is 0.319 bits per heavy atom. The first-order valence-electron chi connectivity index (χ1n) is 33.0.